The Balaban J connectivity index is 2.18. The highest BCUT2D eigenvalue weighted by Gasteiger charge is 2.32. The second-order valence-electron chi connectivity index (χ2n) is 5.90. The number of hydrogen-bond donors (Lipinski definition) is 0. The van der Waals surface area contributed by atoms with Crippen LogP contribution in [0.15, 0.2) is 5.38 Å². The molecule has 1 saturated heterocycles. The van der Waals surface area contributed by atoms with Crippen molar-refractivity contribution in [1.29, 1.82) is 0 Å². The van der Waals surface area contributed by atoms with Gasteiger partial charge in [-0.15, -0.1) is 11.3 Å². The molecule has 0 saturated carbocycles. The molecule has 0 unspecified atom stereocenters. The molecule has 0 aliphatic carbocycles. The minimum Gasteiger partial charge on any atom is -0.333 e. The van der Waals surface area contributed by atoms with E-state index in [-0.39, 0.29) is 12.0 Å². The summed E-state index contributed by atoms with van der Waals surface area (Å²) in [5.41, 5.74) is 1.06. The lowest BCUT2D eigenvalue weighted by atomic mass is 9.93. The zero-order valence-electron chi connectivity index (χ0n) is 12.3. The number of rotatable bonds is 3. The summed E-state index contributed by atoms with van der Waals surface area (Å²) in [4.78, 5) is 19.3. The van der Waals surface area contributed by atoms with Crippen LogP contribution in [0.3, 0.4) is 0 Å². The van der Waals surface area contributed by atoms with Crippen LogP contribution in [0.25, 0.3) is 0 Å². The first-order valence-electron chi connectivity index (χ1n) is 7.23. The van der Waals surface area contributed by atoms with Crippen molar-refractivity contribution in [3.05, 3.63) is 16.1 Å². The highest BCUT2D eigenvalue weighted by molar-refractivity contribution is 7.09. The van der Waals surface area contributed by atoms with Gasteiger partial charge in [-0.25, -0.2) is 4.98 Å². The van der Waals surface area contributed by atoms with Crippen LogP contribution in [0.2, 0.25) is 0 Å². The maximum Gasteiger partial charge on any atom is 0.226 e. The SMILES string of the molecule is Cc1csc([C@H]2CCCCN2C(=O)[C@H](C)C(C)C)n1. The fraction of sp³-hybridized carbons (Fsp3) is 0.733. The van der Waals surface area contributed by atoms with Crippen molar-refractivity contribution < 1.29 is 4.79 Å². The van der Waals surface area contributed by atoms with Crippen LogP contribution in [0.1, 0.15) is 56.8 Å². The second kappa shape index (κ2) is 6.04. The minimum absolute atomic E-state index is 0.0988. The van der Waals surface area contributed by atoms with E-state index in [0.717, 1.165) is 30.1 Å². The van der Waals surface area contributed by atoms with Gasteiger partial charge in [0, 0.05) is 23.5 Å². The molecule has 1 aromatic rings. The third kappa shape index (κ3) is 3.16. The van der Waals surface area contributed by atoms with Gasteiger partial charge in [-0.1, -0.05) is 20.8 Å². The van der Waals surface area contributed by atoms with Crippen molar-refractivity contribution in [2.24, 2.45) is 11.8 Å². The van der Waals surface area contributed by atoms with Gasteiger partial charge in [0.25, 0.3) is 0 Å². The standard InChI is InChI=1S/C15H24N2OS/c1-10(2)12(4)15(18)17-8-6-5-7-13(17)14-16-11(3)9-19-14/h9-10,12-13H,5-8H2,1-4H3/t12-,13-/m1/s1. The first-order chi connectivity index (χ1) is 9.00. The quantitative estimate of drug-likeness (QED) is 0.844. The molecule has 1 aliphatic heterocycles. The van der Waals surface area contributed by atoms with E-state index in [1.807, 2.05) is 13.8 Å². The molecule has 1 fully saturated rings. The predicted octanol–water partition coefficient (Wildman–Crippen LogP) is 3.80. The molecule has 3 nitrogen and oxygen atoms in total. The lowest BCUT2D eigenvalue weighted by Gasteiger charge is -2.37. The molecule has 19 heavy (non-hydrogen) atoms. The monoisotopic (exact) mass is 280 g/mol. The molecule has 1 aromatic heterocycles. The van der Waals surface area contributed by atoms with Crippen molar-refractivity contribution in [3.8, 4) is 0 Å². The molecular weight excluding hydrogens is 256 g/mol. The molecule has 2 heterocycles. The van der Waals surface area contributed by atoms with Crippen molar-refractivity contribution >= 4 is 17.2 Å². The lowest BCUT2D eigenvalue weighted by Crippen LogP contribution is -2.42. The van der Waals surface area contributed by atoms with E-state index in [0.29, 0.717) is 11.8 Å². The highest BCUT2D eigenvalue weighted by atomic mass is 32.1. The number of likely N-dealkylation sites (tertiary alicyclic amines) is 1. The Kier molecular flexibility index (Phi) is 4.61. The molecule has 0 bridgehead atoms. The molecule has 0 radical (unpaired) electrons. The van der Waals surface area contributed by atoms with E-state index in [9.17, 15) is 4.79 Å². The zero-order chi connectivity index (χ0) is 14.0. The van der Waals surface area contributed by atoms with Gasteiger partial charge in [-0.05, 0) is 32.1 Å². The number of aryl methyl sites for hydroxylation is 1. The molecule has 2 rings (SSSR count). The van der Waals surface area contributed by atoms with E-state index in [1.54, 1.807) is 11.3 Å². The summed E-state index contributed by atoms with van der Waals surface area (Å²) in [6.07, 6.45) is 3.38. The van der Waals surface area contributed by atoms with Gasteiger partial charge in [0.15, 0.2) is 0 Å². The third-order valence-corrected chi connectivity index (χ3v) is 5.16. The molecule has 1 aliphatic rings. The molecule has 2 atom stereocenters. The number of carbonyl (C=O) groups excluding carboxylic acids is 1. The van der Waals surface area contributed by atoms with Gasteiger partial charge < -0.3 is 4.90 Å². The van der Waals surface area contributed by atoms with E-state index >= 15 is 0 Å². The Morgan fingerprint density at radius 3 is 2.74 bits per heavy atom. The van der Waals surface area contributed by atoms with Crippen molar-refractivity contribution in [3.63, 3.8) is 0 Å². The number of amides is 1. The van der Waals surface area contributed by atoms with Gasteiger partial charge in [0.2, 0.25) is 5.91 Å². The molecular formula is C15H24N2OS. The Morgan fingerprint density at radius 1 is 1.42 bits per heavy atom. The van der Waals surface area contributed by atoms with Crippen LogP contribution in [0.4, 0.5) is 0 Å². The van der Waals surface area contributed by atoms with Gasteiger partial charge in [0.05, 0.1) is 6.04 Å². The summed E-state index contributed by atoms with van der Waals surface area (Å²) in [6.45, 7) is 9.20. The summed E-state index contributed by atoms with van der Waals surface area (Å²) in [5, 5.41) is 3.19. The summed E-state index contributed by atoms with van der Waals surface area (Å²) in [7, 11) is 0. The van der Waals surface area contributed by atoms with Crippen molar-refractivity contribution in [2.75, 3.05) is 6.54 Å². The number of aromatic nitrogens is 1. The summed E-state index contributed by atoms with van der Waals surface area (Å²) < 4.78 is 0. The van der Waals surface area contributed by atoms with Crippen LogP contribution in [-0.4, -0.2) is 22.3 Å². The third-order valence-electron chi connectivity index (χ3n) is 4.10. The van der Waals surface area contributed by atoms with E-state index < -0.39 is 0 Å². The summed E-state index contributed by atoms with van der Waals surface area (Å²) in [5.74, 6) is 0.794. The maximum atomic E-state index is 12.6. The number of piperidine rings is 1. The van der Waals surface area contributed by atoms with Crippen LogP contribution in [0.5, 0.6) is 0 Å². The number of hydrogen-bond acceptors (Lipinski definition) is 3. The van der Waals surface area contributed by atoms with E-state index in [4.69, 9.17) is 0 Å². The molecule has 4 heteroatoms. The number of carbonyl (C=O) groups is 1. The Hall–Kier alpha value is -0.900. The number of nitrogens with zero attached hydrogens (tertiary/aromatic N) is 2. The maximum absolute atomic E-state index is 12.6. The van der Waals surface area contributed by atoms with Crippen LogP contribution in [0, 0.1) is 18.8 Å². The second-order valence-corrected chi connectivity index (χ2v) is 6.79. The van der Waals surface area contributed by atoms with Crippen molar-refractivity contribution in [1.82, 2.24) is 9.88 Å². The molecule has 106 valence electrons. The van der Waals surface area contributed by atoms with Crippen molar-refractivity contribution in [2.45, 2.75) is 53.0 Å². The number of thiazole rings is 1. The fourth-order valence-electron chi connectivity index (χ4n) is 2.52. The first kappa shape index (κ1) is 14.5. The lowest BCUT2D eigenvalue weighted by molar-refractivity contribution is -0.140. The fourth-order valence-corrected chi connectivity index (χ4v) is 3.47. The van der Waals surface area contributed by atoms with Gasteiger partial charge >= 0.3 is 0 Å². The van der Waals surface area contributed by atoms with E-state index in [2.05, 4.69) is 29.1 Å². The Labute approximate surface area is 120 Å². The molecule has 0 N–H and O–H groups in total. The topological polar surface area (TPSA) is 33.2 Å². The van der Waals surface area contributed by atoms with Crippen LogP contribution >= 0.6 is 11.3 Å². The largest absolute Gasteiger partial charge is 0.333 e. The van der Waals surface area contributed by atoms with Gasteiger partial charge in [-0.2, -0.15) is 0 Å². The zero-order valence-corrected chi connectivity index (χ0v) is 13.2. The molecule has 1 amide bonds. The average molecular weight is 280 g/mol. The van der Waals surface area contributed by atoms with Crippen LogP contribution < -0.4 is 0 Å². The minimum atomic E-state index is 0.0988. The Bertz CT molecular complexity index is 441. The smallest absolute Gasteiger partial charge is 0.226 e. The molecule has 0 aromatic carbocycles. The summed E-state index contributed by atoms with van der Waals surface area (Å²) >= 11 is 1.69. The van der Waals surface area contributed by atoms with Crippen LogP contribution in [-0.2, 0) is 4.79 Å². The van der Waals surface area contributed by atoms with Gasteiger partial charge in [0.1, 0.15) is 5.01 Å². The van der Waals surface area contributed by atoms with E-state index in [1.165, 1.54) is 6.42 Å². The first-order valence-corrected chi connectivity index (χ1v) is 8.11. The Morgan fingerprint density at radius 2 is 2.16 bits per heavy atom. The molecule has 0 spiro atoms. The average Bonchev–Trinajstić information content (AvgIpc) is 2.83. The predicted molar refractivity (Wildman–Crippen MR) is 79.2 cm³/mol. The summed E-state index contributed by atoms with van der Waals surface area (Å²) in [6, 6.07) is 0.209. The van der Waals surface area contributed by atoms with Gasteiger partial charge in [-0.3, -0.25) is 4.79 Å². The normalized spacial score (nSPS) is 21.7. The highest BCUT2D eigenvalue weighted by Crippen LogP contribution is 2.34.